The van der Waals surface area contributed by atoms with Crippen molar-refractivity contribution < 1.29 is 33.8 Å². The molecule has 0 spiro atoms. The van der Waals surface area contributed by atoms with Crippen molar-refractivity contribution in [2.45, 2.75) is 4.90 Å². The fourth-order valence-electron chi connectivity index (χ4n) is 1.88. The molecule has 0 aliphatic rings. The van der Waals surface area contributed by atoms with Gasteiger partial charge in [-0.15, -0.1) is 0 Å². The molecule has 0 saturated heterocycles. The zero-order valence-corrected chi connectivity index (χ0v) is 19.0. The normalized spacial score (nSPS) is 9.32. The van der Waals surface area contributed by atoms with Crippen LogP contribution in [0.25, 0.3) is 11.4 Å². The average molecular weight is 600 g/mol. The summed E-state index contributed by atoms with van der Waals surface area (Å²) in [5.41, 5.74) is 1.22. The molecule has 0 amide bonds. The summed E-state index contributed by atoms with van der Waals surface area (Å²) in [5.74, 6) is -1.69. The van der Waals surface area contributed by atoms with Gasteiger partial charge in [0.25, 0.3) is 0 Å². The molecule has 0 unspecified atom stereocenters. The van der Waals surface area contributed by atoms with Crippen molar-refractivity contribution in [3.8, 4) is 11.4 Å². The number of carboxylic acid groups (broad SMARTS) is 1. The molecular weight excluding hydrogens is 583 g/mol. The van der Waals surface area contributed by atoms with E-state index in [9.17, 15) is 22.9 Å². The monoisotopic (exact) mass is 600 g/mol. The third-order valence-electron chi connectivity index (χ3n) is 2.97. The Morgan fingerprint density at radius 1 is 0.786 bits per heavy atom. The van der Waals surface area contributed by atoms with Crippen molar-refractivity contribution in [1.29, 1.82) is 0 Å². The topological polar surface area (TPSA) is 186 Å². The van der Waals surface area contributed by atoms with E-state index in [1.165, 1.54) is 12.1 Å². The molecule has 2 aromatic heterocycles. The standard InChI is InChI=1S/C10H8N2.C7H6O5S.2H2O.Pb/c1-3-7-11-9(5-1)10-6-2-4-8-12-10;8-7(9)5-3-1-2-4-6(5)13(10,11)12;;;/h1-8H;1-4H,(H,8,9)(H,10,11,12);2*1H2;/q;;;;+2/p-2. The quantitative estimate of drug-likeness (QED) is 0.275. The van der Waals surface area contributed by atoms with E-state index < -0.39 is 26.5 Å². The predicted octanol–water partition coefficient (Wildman–Crippen LogP) is -0.932. The molecule has 0 aliphatic heterocycles. The Bertz CT molecular complexity index is 918. The summed E-state index contributed by atoms with van der Waals surface area (Å²) in [6.07, 6.45) is 3.54. The molecule has 2 radical (unpaired) electrons. The average Bonchev–Trinajstić information content (AvgIpc) is 2.63. The number of carbonyl (C=O) groups is 1. The van der Waals surface area contributed by atoms with Crippen molar-refractivity contribution in [1.82, 2.24) is 9.97 Å². The fourth-order valence-corrected chi connectivity index (χ4v) is 2.55. The Morgan fingerprint density at radius 3 is 1.54 bits per heavy atom. The summed E-state index contributed by atoms with van der Waals surface area (Å²) in [6, 6.07) is 16.1. The van der Waals surface area contributed by atoms with Crippen LogP contribution in [0.2, 0.25) is 0 Å². The first-order chi connectivity index (χ1) is 11.9. The van der Waals surface area contributed by atoms with Crippen molar-refractivity contribution in [3.63, 3.8) is 0 Å². The number of carboxylic acids is 1. The van der Waals surface area contributed by atoms with Crippen molar-refractivity contribution >= 4 is 43.4 Å². The SMILES string of the molecule is O.O.O=C([O-])c1ccccc1S(=O)(=O)[O-].[Pb+2].c1ccc(-c2ccccn2)nc1. The largest absolute Gasteiger partial charge is 2.00 e. The van der Waals surface area contributed by atoms with Crippen LogP contribution in [-0.2, 0) is 10.1 Å². The Kier molecular flexibility index (Phi) is 13.0. The molecule has 0 fully saturated rings. The minimum atomic E-state index is -4.75. The Labute approximate surface area is 181 Å². The molecule has 1 aromatic carbocycles. The van der Waals surface area contributed by atoms with E-state index in [1.54, 1.807) is 12.4 Å². The van der Waals surface area contributed by atoms with Gasteiger partial charge in [0.15, 0.2) is 0 Å². The van der Waals surface area contributed by atoms with Gasteiger partial charge in [-0.25, -0.2) is 8.42 Å². The van der Waals surface area contributed by atoms with E-state index in [-0.39, 0.29) is 38.3 Å². The zero-order valence-electron chi connectivity index (χ0n) is 14.3. The van der Waals surface area contributed by atoms with Gasteiger partial charge in [-0.3, -0.25) is 9.97 Å². The third-order valence-corrected chi connectivity index (χ3v) is 3.86. The summed E-state index contributed by atoms with van der Waals surface area (Å²) >= 11 is 0. The van der Waals surface area contributed by atoms with Crippen LogP contribution in [0, 0.1) is 0 Å². The number of aromatic carboxylic acids is 1. The van der Waals surface area contributed by atoms with Crippen LogP contribution in [0.1, 0.15) is 10.4 Å². The van der Waals surface area contributed by atoms with E-state index in [0.29, 0.717) is 0 Å². The van der Waals surface area contributed by atoms with Crippen molar-refractivity contribution in [2.75, 3.05) is 0 Å². The van der Waals surface area contributed by atoms with Gasteiger partial charge in [0, 0.05) is 18.0 Å². The maximum absolute atomic E-state index is 10.5. The maximum atomic E-state index is 10.5. The molecule has 0 bridgehead atoms. The molecule has 146 valence electrons. The number of hydrogen-bond donors (Lipinski definition) is 0. The smallest absolute Gasteiger partial charge is 0.744 e. The number of benzene rings is 1. The molecule has 28 heavy (non-hydrogen) atoms. The molecule has 0 aliphatic carbocycles. The number of rotatable bonds is 3. The molecule has 11 heteroatoms. The predicted molar refractivity (Wildman–Crippen MR) is 99.2 cm³/mol. The molecule has 0 saturated carbocycles. The Morgan fingerprint density at radius 2 is 1.21 bits per heavy atom. The summed E-state index contributed by atoms with van der Waals surface area (Å²) in [5, 5.41) is 10.4. The number of carbonyl (C=O) groups excluding carboxylic acids is 1. The van der Waals surface area contributed by atoms with Gasteiger partial charge in [0.2, 0.25) is 0 Å². The van der Waals surface area contributed by atoms with Crippen LogP contribution >= 0.6 is 0 Å². The first-order valence-corrected chi connectivity index (χ1v) is 8.39. The van der Waals surface area contributed by atoms with Gasteiger partial charge >= 0.3 is 27.3 Å². The number of nitrogens with zero attached hydrogens (tertiary/aromatic N) is 2. The van der Waals surface area contributed by atoms with Gasteiger partial charge in [-0.1, -0.05) is 30.3 Å². The summed E-state index contributed by atoms with van der Waals surface area (Å²) < 4.78 is 31.5. The van der Waals surface area contributed by atoms with E-state index in [1.807, 2.05) is 36.4 Å². The summed E-state index contributed by atoms with van der Waals surface area (Å²) in [6.45, 7) is 0. The van der Waals surface area contributed by atoms with Gasteiger partial charge in [0.05, 0.1) is 22.3 Å². The molecule has 4 N–H and O–H groups in total. The van der Waals surface area contributed by atoms with E-state index >= 15 is 0 Å². The minimum Gasteiger partial charge on any atom is -0.744 e. The van der Waals surface area contributed by atoms with E-state index in [0.717, 1.165) is 23.5 Å². The fraction of sp³-hybridized carbons (Fsp3) is 0. The number of aromatic nitrogens is 2. The first kappa shape index (κ1) is 28.0. The van der Waals surface area contributed by atoms with Crippen molar-refractivity contribution in [2.24, 2.45) is 0 Å². The zero-order chi connectivity index (χ0) is 18.3. The second-order valence-electron chi connectivity index (χ2n) is 4.67. The van der Waals surface area contributed by atoms with Gasteiger partial charge in [-0.2, -0.15) is 0 Å². The molecule has 0 atom stereocenters. The van der Waals surface area contributed by atoms with Crippen LogP contribution in [0.15, 0.2) is 78.0 Å². The Balaban J connectivity index is 0. The molecule has 9 nitrogen and oxygen atoms in total. The molecule has 2 heterocycles. The summed E-state index contributed by atoms with van der Waals surface area (Å²) in [7, 11) is -4.75. The number of pyridine rings is 2. The van der Waals surface area contributed by atoms with Crippen LogP contribution in [0.4, 0.5) is 0 Å². The maximum Gasteiger partial charge on any atom is 2.00 e. The Hall–Kier alpha value is -2.26. The third kappa shape index (κ3) is 8.18. The van der Waals surface area contributed by atoms with Gasteiger partial charge < -0.3 is 25.4 Å². The minimum absolute atomic E-state index is 0. The van der Waals surface area contributed by atoms with Crippen LogP contribution < -0.4 is 5.11 Å². The van der Waals surface area contributed by atoms with Crippen LogP contribution in [0.3, 0.4) is 0 Å². The van der Waals surface area contributed by atoms with Crippen LogP contribution in [0.5, 0.6) is 0 Å². The van der Waals surface area contributed by atoms with E-state index in [2.05, 4.69) is 9.97 Å². The molecule has 3 aromatic rings. The van der Waals surface area contributed by atoms with Gasteiger partial charge in [-0.05, 0) is 30.3 Å². The number of hydrogen-bond acceptors (Lipinski definition) is 7. The summed E-state index contributed by atoms with van der Waals surface area (Å²) in [4.78, 5) is 18.0. The van der Waals surface area contributed by atoms with Gasteiger partial charge in [0.1, 0.15) is 10.1 Å². The second kappa shape index (κ2) is 13.0. The van der Waals surface area contributed by atoms with E-state index in [4.69, 9.17) is 0 Å². The van der Waals surface area contributed by atoms with Crippen molar-refractivity contribution in [3.05, 3.63) is 78.6 Å². The molecular formula is C17H16N2O7PbS. The second-order valence-corrected chi connectivity index (χ2v) is 6.02. The first-order valence-electron chi connectivity index (χ1n) is 6.98. The molecule has 3 rings (SSSR count). The van der Waals surface area contributed by atoms with Crippen LogP contribution in [-0.4, -0.2) is 67.2 Å².